The third-order valence-electron chi connectivity index (χ3n) is 3.92. The van der Waals surface area contributed by atoms with Gasteiger partial charge in [0.05, 0.1) is 0 Å². The van der Waals surface area contributed by atoms with Gasteiger partial charge in [-0.25, -0.2) is 0 Å². The maximum atomic E-state index is 2.69. The lowest BCUT2D eigenvalue weighted by molar-refractivity contribution is 0.100. The Morgan fingerprint density at radius 2 is 2.00 bits per heavy atom. The van der Waals surface area contributed by atoms with Crippen molar-refractivity contribution in [3.63, 3.8) is 0 Å². The minimum Gasteiger partial charge on any atom is -0.294 e. The molecule has 2 atom stereocenters. The average Bonchev–Trinajstić information content (AvgIpc) is 2.39. The van der Waals surface area contributed by atoms with Crippen molar-refractivity contribution in [3.8, 4) is 0 Å². The minimum absolute atomic E-state index is 0.575. The molecule has 1 nitrogen and oxygen atoms in total. The van der Waals surface area contributed by atoms with Crippen LogP contribution in [0.15, 0.2) is 30.3 Å². The first kappa shape index (κ1) is 11.7. The van der Waals surface area contributed by atoms with Crippen molar-refractivity contribution in [1.82, 2.24) is 4.90 Å². The Kier molecular flexibility index (Phi) is 4.00. The lowest BCUT2D eigenvalue weighted by Gasteiger charge is -2.39. The van der Waals surface area contributed by atoms with Crippen molar-refractivity contribution in [2.45, 2.75) is 51.6 Å². The van der Waals surface area contributed by atoms with E-state index in [-0.39, 0.29) is 0 Å². The first-order valence-corrected chi connectivity index (χ1v) is 6.63. The molecule has 0 N–H and O–H groups in total. The van der Waals surface area contributed by atoms with Crippen molar-refractivity contribution in [3.05, 3.63) is 35.9 Å². The van der Waals surface area contributed by atoms with Crippen LogP contribution < -0.4 is 0 Å². The van der Waals surface area contributed by atoms with Crippen LogP contribution in [0.25, 0.3) is 0 Å². The third kappa shape index (κ3) is 2.46. The molecule has 0 aliphatic carbocycles. The van der Waals surface area contributed by atoms with E-state index in [1.165, 1.54) is 37.8 Å². The van der Waals surface area contributed by atoms with E-state index in [0.29, 0.717) is 6.04 Å². The zero-order valence-corrected chi connectivity index (χ0v) is 10.5. The Balaban J connectivity index is 2.10. The van der Waals surface area contributed by atoms with Gasteiger partial charge >= 0.3 is 0 Å². The molecule has 0 unspecified atom stereocenters. The van der Waals surface area contributed by atoms with Crippen LogP contribution in [-0.2, 0) is 0 Å². The molecule has 0 spiro atoms. The fraction of sp³-hybridized carbons (Fsp3) is 0.600. The van der Waals surface area contributed by atoms with E-state index in [2.05, 4.69) is 49.1 Å². The molecule has 1 aromatic carbocycles. The van der Waals surface area contributed by atoms with Gasteiger partial charge in [-0.1, -0.05) is 43.7 Å². The van der Waals surface area contributed by atoms with Crippen molar-refractivity contribution in [2.24, 2.45) is 0 Å². The summed E-state index contributed by atoms with van der Waals surface area (Å²) in [6, 6.07) is 12.3. The molecule has 0 bridgehead atoms. The largest absolute Gasteiger partial charge is 0.294 e. The number of hydrogen-bond donors (Lipinski definition) is 0. The molecular weight excluding hydrogens is 194 g/mol. The SMILES string of the molecule is CC[C@@H]1CCCCN1[C@H](C)c1ccccc1. The first-order valence-electron chi connectivity index (χ1n) is 6.63. The fourth-order valence-corrected chi connectivity index (χ4v) is 2.89. The van der Waals surface area contributed by atoms with Gasteiger partial charge in [0, 0.05) is 12.1 Å². The summed E-state index contributed by atoms with van der Waals surface area (Å²) in [4.78, 5) is 2.69. The van der Waals surface area contributed by atoms with E-state index in [9.17, 15) is 0 Å². The lowest BCUT2D eigenvalue weighted by Crippen LogP contribution is -2.40. The normalized spacial score (nSPS) is 24.2. The van der Waals surface area contributed by atoms with Gasteiger partial charge in [-0.15, -0.1) is 0 Å². The number of piperidine rings is 1. The van der Waals surface area contributed by atoms with Gasteiger partial charge in [0.1, 0.15) is 0 Å². The van der Waals surface area contributed by atoms with Gasteiger partial charge in [-0.05, 0) is 38.3 Å². The minimum atomic E-state index is 0.575. The van der Waals surface area contributed by atoms with Crippen LogP contribution in [0.1, 0.15) is 51.1 Å². The van der Waals surface area contributed by atoms with Crippen LogP contribution in [0.4, 0.5) is 0 Å². The van der Waals surface area contributed by atoms with Crippen LogP contribution in [0, 0.1) is 0 Å². The number of benzene rings is 1. The Morgan fingerprint density at radius 3 is 2.69 bits per heavy atom. The summed E-state index contributed by atoms with van der Waals surface area (Å²) in [6.07, 6.45) is 5.45. The molecule has 1 heterocycles. The van der Waals surface area contributed by atoms with Gasteiger partial charge in [0.15, 0.2) is 0 Å². The summed E-state index contributed by atoms with van der Waals surface area (Å²) in [5.41, 5.74) is 1.46. The zero-order chi connectivity index (χ0) is 11.4. The molecule has 16 heavy (non-hydrogen) atoms. The van der Waals surface area contributed by atoms with Crippen molar-refractivity contribution in [1.29, 1.82) is 0 Å². The Bertz CT molecular complexity index is 306. The van der Waals surface area contributed by atoms with E-state index >= 15 is 0 Å². The van der Waals surface area contributed by atoms with E-state index in [4.69, 9.17) is 0 Å². The Morgan fingerprint density at radius 1 is 1.25 bits per heavy atom. The average molecular weight is 217 g/mol. The Hall–Kier alpha value is -0.820. The second-order valence-electron chi connectivity index (χ2n) is 4.88. The van der Waals surface area contributed by atoms with Gasteiger partial charge in [0.25, 0.3) is 0 Å². The summed E-state index contributed by atoms with van der Waals surface area (Å²) >= 11 is 0. The predicted octanol–water partition coefficient (Wildman–Crippen LogP) is 4.01. The van der Waals surface area contributed by atoms with E-state index in [0.717, 1.165) is 6.04 Å². The van der Waals surface area contributed by atoms with E-state index < -0.39 is 0 Å². The maximum Gasteiger partial charge on any atom is 0.0322 e. The van der Waals surface area contributed by atoms with Gasteiger partial charge < -0.3 is 0 Å². The number of likely N-dealkylation sites (tertiary alicyclic amines) is 1. The summed E-state index contributed by atoms with van der Waals surface area (Å²) in [7, 11) is 0. The van der Waals surface area contributed by atoms with Gasteiger partial charge in [-0.2, -0.15) is 0 Å². The van der Waals surface area contributed by atoms with E-state index in [1.54, 1.807) is 0 Å². The Labute approximate surface area is 99.5 Å². The monoisotopic (exact) mass is 217 g/mol. The van der Waals surface area contributed by atoms with Gasteiger partial charge in [-0.3, -0.25) is 4.90 Å². The standard InChI is InChI=1S/C15H23N/c1-3-15-11-7-8-12-16(15)13(2)14-9-5-4-6-10-14/h4-6,9-10,13,15H,3,7-8,11-12H2,1-2H3/t13-,15-/m1/s1. The first-order chi connectivity index (χ1) is 7.83. The second kappa shape index (κ2) is 5.49. The van der Waals surface area contributed by atoms with Crippen molar-refractivity contribution in [2.75, 3.05) is 6.54 Å². The number of hydrogen-bond acceptors (Lipinski definition) is 1. The maximum absolute atomic E-state index is 2.69. The van der Waals surface area contributed by atoms with Crippen LogP contribution in [0.5, 0.6) is 0 Å². The third-order valence-corrected chi connectivity index (χ3v) is 3.92. The number of nitrogens with zero attached hydrogens (tertiary/aromatic N) is 1. The molecule has 1 aliphatic heterocycles. The molecule has 0 aromatic heterocycles. The highest BCUT2D eigenvalue weighted by atomic mass is 15.2. The summed E-state index contributed by atoms with van der Waals surface area (Å²) in [5, 5.41) is 0. The second-order valence-corrected chi connectivity index (χ2v) is 4.88. The molecule has 1 fully saturated rings. The van der Waals surface area contributed by atoms with E-state index in [1.807, 2.05) is 0 Å². The lowest BCUT2D eigenvalue weighted by atomic mass is 9.96. The predicted molar refractivity (Wildman–Crippen MR) is 69.5 cm³/mol. The molecule has 1 aromatic rings. The zero-order valence-electron chi connectivity index (χ0n) is 10.5. The topological polar surface area (TPSA) is 3.24 Å². The molecule has 88 valence electrons. The molecular formula is C15H23N. The molecule has 0 amide bonds. The summed E-state index contributed by atoms with van der Waals surface area (Å²) in [6.45, 7) is 5.94. The molecule has 0 saturated carbocycles. The highest BCUT2D eigenvalue weighted by Gasteiger charge is 2.25. The molecule has 0 radical (unpaired) electrons. The van der Waals surface area contributed by atoms with Crippen LogP contribution in [0.2, 0.25) is 0 Å². The molecule has 1 heteroatoms. The fourth-order valence-electron chi connectivity index (χ4n) is 2.89. The van der Waals surface area contributed by atoms with Crippen molar-refractivity contribution >= 4 is 0 Å². The highest BCUT2D eigenvalue weighted by molar-refractivity contribution is 5.18. The summed E-state index contributed by atoms with van der Waals surface area (Å²) in [5.74, 6) is 0. The quantitative estimate of drug-likeness (QED) is 0.739. The van der Waals surface area contributed by atoms with Crippen LogP contribution >= 0.6 is 0 Å². The smallest absolute Gasteiger partial charge is 0.0322 e. The van der Waals surface area contributed by atoms with Crippen molar-refractivity contribution < 1.29 is 0 Å². The van der Waals surface area contributed by atoms with Crippen LogP contribution in [-0.4, -0.2) is 17.5 Å². The number of rotatable bonds is 3. The molecule has 2 rings (SSSR count). The van der Waals surface area contributed by atoms with Crippen LogP contribution in [0.3, 0.4) is 0 Å². The molecule has 1 aliphatic rings. The molecule has 1 saturated heterocycles. The highest BCUT2D eigenvalue weighted by Crippen LogP contribution is 2.29. The summed E-state index contributed by atoms with van der Waals surface area (Å²) < 4.78 is 0. The van der Waals surface area contributed by atoms with Gasteiger partial charge in [0.2, 0.25) is 0 Å².